The third kappa shape index (κ3) is 3.21. The number of benzene rings is 3. The zero-order chi connectivity index (χ0) is 21.4. The van der Waals surface area contributed by atoms with Gasteiger partial charge in [0.2, 0.25) is 5.82 Å². The molecular formula is C22H12F2N4O3. The Labute approximate surface area is 173 Å². The Bertz CT molecular complexity index is 1450. The summed E-state index contributed by atoms with van der Waals surface area (Å²) >= 11 is 0. The van der Waals surface area contributed by atoms with Crippen molar-refractivity contribution in [1.29, 1.82) is 0 Å². The molecule has 0 saturated heterocycles. The number of aromatic nitrogens is 4. The first kappa shape index (κ1) is 18.6. The summed E-state index contributed by atoms with van der Waals surface area (Å²) in [4.78, 5) is 16.7. The fraction of sp³-hybridized carbons (Fsp3) is 0. The number of rotatable bonds is 4. The van der Waals surface area contributed by atoms with Crippen molar-refractivity contribution in [3.05, 3.63) is 95.0 Å². The maximum absolute atomic E-state index is 14.4. The van der Waals surface area contributed by atoms with Crippen molar-refractivity contribution in [1.82, 2.24) is 19.9 Å². The molecule has 2 heterocycles. The quantitative estimate of drug-likeness (QED) is 0.428. The van der Waals surface area contributed by atoms with Crippen molar-refractivity contribution < 1.29 is 17.8 Å². The number of nitrogens with zero attached hydrogens (tertiary/aromatic N) is 4. The molecule has 0 fully saturated rings. The van der Waals surface area contributed by atoms with Crippen LogP contribution in [0.3, 0.4) is 0 Å². The van der Waals surface area contributed by atoms with E-state index in [1.54, 1.807) is 42.5 Å². The standard InChI is InChI=1S/C22H12F2N4O3/c23-16-10-4-1-7-13(16)19-25-21(30-26-19)15-9-3-6-12-18(15)28-20(27-31-22(28)29)14-8-2-5-11-17(14)24/h1-12H. The van der Waals surface area contributed by atoms with Gasteiger partial charge in [-0.1, -0.05) is 46.7 Å². The molecular weight excluding hydrogens is 406 g/mol. The molecule has 0 aliphatic heterocycles. The van der Waals surface area contributed by atoms with Gasteiger partial charge in [-0.3, -0.25) is 4.52 Å². The Balaban J connectivity index is 1.67. The van der Waals surface area contributed by atoms with Crippen LogP contribution in [-0.4, -0.2) is 19.9 Å². The van der Waals surface area contributed by atoms with Crippen LogP contribution in [0.25, 0.3) is 39.9 Å². The average molecular weight is 418 g/mol. The largest absolute Gasteiger partial charge is 0.446 e. The minimum absolute atomic E-state index is 0.0237. The molecule has 0 aliphatic rings. The van der Waals surface area contributed by atoms with E-state index in [-0.39, 0.29) is 34.4 Å². The lowest BCUT2D eigenvalue weighted by molar-refractivity contribution is 0.383. The summed E-state index contributed by atoms with van der Waals surface area (Å²) in [5.74, 6) is -1.82. The van der Waals surface area contributed by atoms with E-state index in [2.05, 4.69) is 15.3 Å². The molecule has 0 unspecified atom stereocenters. The lowest BCUT2D eigenvalue weighted by atomic mass is 10.1. The van der Waals surface area contributed by atoms with Gasteiger partial charge in [0.15, 0.2) is 5.82 Å². The van der Waals surface area contributed by atoms with Crippen molar-refractivity contribution in [2.24, 2.45) is 0 Å². The van der Waals surface area contributed by atoms with Crippen molar-refractivity contribution in [2.75, 3.05) is 0 Å². The van der Waals surface area contributed by atoms with Crippen LogP contribution in [0.2, 0.25) is 0 Å². The highest BCUT2D eigenvalue weighted by Crippen LogP contribution is 2.30. The van der Waals surface area contributed by atoms with E-state index in [9.17, 15) is 13.6 Å². The Morgan fingerprint density at radius 1 is 0.710 bits per heavy atom. The number of para-hydroxylation sites is 1. The first-order valence-corrected chi connectivity index (χ1v) is 9.15. The highest BCUT2D eigenvalue weighted by atomic mass is 19.1. The lowest BCUT2D eigenvalue weighted by Gasteiger charge is -2.08. The van der Waals surface area contributed by atoms with E-state index in [4.69, 9.17) is 9.05 Å². The average Bonchev–Trinajstić information content (AvgIpc) is 3.41. The van der Waals surface area contributed by atoms with Gasteiger partial charge in [0.25, 0.3) is 5.89 Å². The molecule has 0 N–H and O–H groups in total. The predicted molar refractivity (Wildman–Crippen MR) is 106 cm³/mol. The van der Waals surface area contributed by atoms with E-state index in [1.165, 1.54) is 30.3 Å². The van der Waals surface area contributed by atoms with Crippen molar-refractivity contribution in [3.63, 3.8) is 0 Å². The molecule has 0 saturated carbocycles. The van der Waals surface area contributed by atoms with Crippen LogP contribution in [0.15, 0.2) is 86.6 Å². The van der Waals surface area contributed by atoms with Gasteiger partial charge in [0, 0.05) is 0 Å². The highest BCUT2D eigenvalue weighted by Gasteiger charge is 2.22. The van der Waals surface area contributed by atoms with E-state index >= 15 is 0 Å². The fourth-order valence-corrected chi connectivity index (χ4v) is 3.21. The molecule has 152 valence electrons. The van der Waals surface area contributed by atoms with Crippen LogP contribution >= 0.6 is 0 Å². The summed E-state index contributed by atoms with van der Waals surface area (Å²) in [6.07, 6.45) is 0. The second kappa shape index (κ2) is 7.45. The van der Waals surface area contributed by atoms with Crippen LogP contribution in [-0.2, 0) is 0 Å². The number of halogens is 2. The first-order valence-electron chi connectivity index (χ1n) is 9.15. The number of hydrogen-bond donors (Lipinski definition) is 0. The maximum atomic E-state index is 14.4. The third-order valence-electron chi connectivity index (χ3n) is 4.64. The predicted octanol–water partition coefficient (Wildman–Crippen LogP) is 4.49. The first-order chi connectivity index (χ1) is 15.1. The van der Waals surface area contributed by atoms with Gasteiger partial charge >= 0.3 is 5.76 Å². The summed E-state index contributed by atoms with van der Waals surface area (Å²) in [5, 5.41) is 7.59. The van der Waals surface area contributed by atoms with Crippen molar-refractivity contribution in [2.45, 2.75) is 0 Å². The zero-order valence-electron chi connectivity index (χ0n) is 15.7. The van der Waals surface area contributed by atoms with Crippen LogP contribution in [0.4, 0.5) is 8.78 Å². The van der Waals surface area contributed by atoms with Gasteiger partial charge in [0.05, 0.1) is 22.4 Å². The van der Waals surface area contributed by atoms with E-state index < -0.39 is 17.4 Å². The molecule has 5 rings (SSSR count). The molecule has 0 spiro atoms. The Hall–Kier alpha value is -4.40. The van der Waals surface area contributed by atoms with Crippen LogP contribution < -0.4 is 5.76 Å². The molecule has 5 aromatic rings. The molecule has 7 nitrogen and oxygen atoms in total. The molecule has 0 aliphatic carbocycles. The molecule has 0 bridgehead atoms. The van der Waals surface area contributed by atoms with E-state index in [1.807, 2.05) is 0 Å². The topological polar surface area (TPSA) is 87.0 Å². The SMILES string of the molecule is O=c1onc(-c2ccccc2F)n1-c1ccccc1-c1nc(-c2ccccc2F)no1. The monoisotopic (exact) mass is 418 g/mol. The van der Waals surface area contributed by atoms with Crippen LogP contribution in [0.1, 0.15) is 0 Å². The maximum Gasteiger partial charge on any atom is 0.446 e. The summed E-state index contributed by atoms with van der Waals surface area (Å²) in [6, 6.07) is 18.5. The van der Waals surface area contributed by atoms with Gasteiger partial charge in [-0.2, -0.15) is 4.98 Å². The second-order valence-corrected chi connectivity index (χ2v) is 6.51. The Kier molecular flexibility index (Phi) is 4.47. The van der Waals surface area contributed by atoms with Crippen LogP contribution in [0, 0.1) is 11.6 Å². The van der Waals surface area contributed by atoms with Gasteiger partial charge in [-0.15, -0.1) is 0 Å². The smallest absolute Gasteiger partial charge is 0.334 e. The zero-order valence-corrected chi connectivity index (χ0v) is 15.7. The summed E-state index contributed by atoms with van der Waals surface area (Å²) in [7, 11) is 0. The van der Waals surface area contributed by atoms with Crippen LogP contribution in [0.5, 0.6) is 0 Å². The Morgan fingerprint density at radius 2 is 1.32 bits per heavy atom. The second-order valence-electron chi connectivity index (χ2n) is 6.51. The minimum Gasteiger partial charge on any atom is -0.334 e. The lowest BCUT2D eigenvalue weighted by Crippen LogP contribution is -2.14. The summed E-state index contributed by atoms with van der Waals surface area (Å²) < 4.78 is 39.7. The summed E-state index contributed by atoms with van der Waals surface area (Å²) in [6.45, 7) is 0. The highest BCUT2D eigenvalue weighted by molar-refractivity contribution is 5.70. The van der Waals surface area contributed by atoms with Gasteiger partial charge in [-0.25, -0.2) is 18.1 Å². The van der Waals surface area contributed by atoms with Crippen molar-refractivity contribution in [3.8, 4) is 39.9 Å². The normalized spacial score (nSPS) is 11.0. The number of hydrogen-bond acceptors (Lipinski definition) is 6. The van der Waals surface area contributed by atoms with E-state index in [0.717, 1.165) is 4.57 Å². The molecule has 0 radical (unpaired) electrons. The van der Waals surface area contributed by atoms with Gasteiger partial charge in [-0.05, 0) is 36.4 Å². The minimum atomic E-state index is -0.820. The van der Waals surface area contributed by atoms with Gasteiger partial charge in [0.1, 0.15) is 11.6 Å². The van der Waals surface area contributed by atoms with Crippen molar-refractivity contribution >= 4 is 0 Å². The Morgan fingerprint density at radius 3 is 2.03 bits per heavy atom. The molecule has 0 amide bonds. The van der Waals surface area contributed by atoms with Gasteiger partial charge < -0.3 is 4.52 Å². The molecule has 0 atom stereocenters. The molecule has 2 aromatic heterocycles. The molecule has 31 heavy (non-hydrogen) atoms. The van der Waals surface area contributed by atoms with E-state index in [0.29, 0.717) is 5.56 Å². The molecule has 3 aromatic carbocycles. The fourth-order valence-electron chi connectivity index (χ4n) is 3.21. The third-order valence-corrected chi connectivity index (χ3v) is 4.64. The molecule has 9 heteroatoms. The summed E-state index contributed by atoms with van der Waals surface area (Å²) in [5.41, 5.74) is 0.904.